The first-order valence-electron chi connectivity index (χ1n) is 5.06. The molecule has 0 fully saturated rings. The lowest BCUT2D eigenvalue weighted by atomic mass is 10.4. The Morgan fingerprint density at radius 2 is 1.94 bits per heavy atom. The summed E-state index contributed by atoms with van der Waals surface area (Å²) in [7, 11) is -3.56. The summed E-state index contributed by atoms with van der Waals surface area (Å²) in [4.78, 5) is 11.5. The predicted molar refractivity (Wildman–Crippen MR) is 72.1 cm³/mol. The van der Waals surface area contributed by atoms with Crippen LogP contribution in [0.2, 0.25) is 0 Å². The number of carbonyl (C=O) groups is 1. The topological polar surface area (TPSA) is 60.4 Å². The number of ether oxygens (including phenoxy) is 1. The molecule has 0 saturated heterocycles. The van der Waals surface area contributed by atoms with E-state index >= 15 is 0 Å². The Kier molecular flexibility index (Phi) is 5.61. The van der Waals surface area contributed by atoms with Crippen molar-refractivity contribution in [1.82, 2.24) is 0 Å². The van der Waals surface area contributed by atoms with E-state index in [1.807, 2.05) is 6.92 Å². The van der Waals surface area contributed by atoms with E-state index in [0.717, 1.165) is 19.1 Å². The van der Waals surface area contributed by atoms with E-state index in [1.165, 1.54) is 23.5 Å². The first-order valence-corrected chi connectivity index (χ1v) is 8.71. The van der Waals surface area contributed by atoms with E-state index < -0.39 is 15.8 Å². The Hall–Kier alpha value is -0.400. The average molecular weight is 294 g/mol. The Balaban J connectivity index is 2.86. The highest BCUT2D eigenvalue weighted by atomic mass is 32.2. The van der Waals surface area contributed by atoms with Gasteiger partial charge in [0, 0.05) is 6.26 Å². The normalized spacial score (nSPS) is 15.1. The third-order valence-corrected chi connectivity index (χ3v) is 5.38. The monoisotopic (exact) mass is 294 g/mol. The van der Waals surface area contributed by atoms with Gasteiger partial charge in [0.15, 0.2) is 14.7 Å². The summed E-state index contributed by atoms with van der Waals surface area (Å²) in [6.45, 7) is 2.22. The van der Waals surface area contributed by atoms with Gasteiger partial charge in [-0.1, -0.05) is 36.9 Å². The largest absolute Gasteiger partial charge is 0.462 e. The van der Waals surface area contributed by atoms with Crippen LogP contribution in [0.3, 0.4) is 0 Å². The highest BCUT2D eigenvalue weighted by Gasteiger charge is 2.28. The van der Waals surface area contributed by atoms with Crippen LogP contribution in [0.4, 0.5) is 0 Å². The lowest BCUT2D eigenvalue weighted by molar-refractivity contribution is -0.138. The Bertz CT molecular complexity index is 438. The van der Waals surface area contributed by atoms with Gasteiger partial charge in [0.25, 0.3) is 0 Å². The fourth-order valence-electron chi connectivity index (χ4n) is 1.07. The molecule has 7 heteroatoms. The van der Waals surface area contributed by atoms with Gasteiger partial charge in [0.1, 0.15) is 0 Å². The predicted octanol–water partition coefficient (Wildman–Crippen LogP) is 2.49. The van der Waals surface area contributed by atoms with E-state index in [1.54, 1.807) is 10.8 Å². The van der Waals surface area contributed by atoms with Gasteiger partial charge in [-0.25, -0.2) is 13.2 Å². The van der Waals surface area contributed by atoms with E-state index in [9.17, 15) is 13.2 Å². The minimum Gasteiger partial charge on any atom is -0.462 e. The second-order valence-corrected chi connectivity index (χ2v) is 7.43. The standard InChI is InChI=1S/C10H14O4S3/c1-3-4-5-14-9(11)8(17(2,12)13)10-15-6-7-16-10/h6-7H,3-5H2,1-2H3. The zero-order valence-corrected chi connectivity index (χ0v) is 12.1. The zero-order valence-electron chi connectivity index (χ0n) is 9.63. The number of hydrogen-bond acceptors (Lipinski definition) is 6. The van der Waals surface area contributed by atoms with Crippen LogP contribution in [0.15, 0.2) is 20.0 Å². The molecule has 0 bridgehead atoms. The number of thioether (sulfide) groups is 2. The number of carbonyl (C=O) groups excluding carboxylic acids is 1. The number of esters is 1. The highest BCUT2D eigenvalue weighted by molar-refractivity contribution is 8.28. The fourth-order valence-corrected chi connectivity index (χ4v) is 4.56. The number of unbranched alkanes of at least 4 members (excludes halogenated alkanes) is 1. The lowest BCUT2D eigenvalue weighted by Crippen LogP contribution is -2.17. The van der Waals surface area contributed by atoms with Crippen molar-refractivity contribution in [2.75, 3.05) is 12.9 Å². The van der Waals surface area contributed by atoms with Crippen molar-refractivity contribution >= 4 is 39.3 Å². The van der Waals surface area contributed by atoms with Crippen LogP contribution >= 0.6 is 23.5 Å². The maximum absolute atomic E-state index is 11.7. The van der Waals surface area contributed by atoms with Crippen LogP contribution in [0, 0.1) is 0 Å². The summed E-state index contributed by atoms with van der Waals surface area (Å²) in [5.74, 6) is -0.750. The Morgan fingerprint density at radius 1 is 1.35 bits per heavy atom. The molecule has 0 aromatic carbocycles. The SMILES string of the molecule is CCCCOC(=O)C(=C1SC=CS1)S(C)(=O)=O. The summed E-state index contributed by atoms with van der Waals surface area (Å²) in [5.41, 5.74) is 0. The van der Waals surface area contributed by atoms with Crippen molar-refractivity contribution in [3.8, 4) is 0 Å². The van der Waals surface area contributed by atoms with Gasteiger partial charge in [-0.3, -0.25) is 0 Å². The van der Waals surface area contributed by atoms with Crippen molar-refractivity contribution in [1.29, 1.82) is 0 Å². The minimum absolute atomic E-state index is 0.228. The molecule has 0 unspecified atom stereocenters. The number of sulfone groups is 1. The highest BCUT2D eigenvalue weighted by Crippen LogP contribution is 2.41. The van der Waals surface area contributed by atoms with Gasteiger partial charge < -0.3 is 4.74 Å². The van der Waals surface area contributed by atoms with Gasteiger partial charge >= 0.3 is 5.97 Å². The van der Waals surface area contributed by atoms with Crippen LogP contribution < -0.4 is 0 Å². The third-order valence-electron chi connectivity index (χ3n) is 1.88. The van der Waals surface area contributed by atoms with Crippen LogP contribution in [0.1, 0.15) is 19.8 Å². The molecule has 1 rings (SSSR count). The van der Waals surface area contributed by atoms with Crippen LogP contribution in [-0.2, 0) is 19.4 Å². The molecule has 1 aliphatic heterocycles. The molecule has 0 spiro atoms. The van der Waals surface area contributed by atoms with Gasteiger partial charge in [-0.15, -0.1) is 0 Å². The fraction of sp³-hybridized carbons (Fsp3) is 0.500. The van der Waals surface area contributed by atoms with Gasteiger partial charge in [-0.05, 0) is 17.2 Å². The van der Waals surface area contributed by atoms with Crippen LogP contribution in [0.5, 0.6) is 0 Å². The summed E-state index contributed by atoms with van der Waals surface area (Å²) in [5, 5.41) is 3.48. The van der Waals surface area contributed by atoms with Crippen LogP contribution in [0.25, 0.3) is 0 Å². The first kappa shape index (κ1) is 14.7. The molecule has 0 aromatic heterocycles. The molecule has 1 aliphatic rings. The molecular weight excluding hydrogens is 280 g/mol. The molecule has 0 aliphatic carbocycles. The molecule has 96 valence electrons. The van der Waals surface area contributed by atoms with E-state index in [-0.39, 0.29) is 11.5 Å². The molecule has 0 saturated carbocycles. The van der Waals surface area contributed by atoms with Crippen molar-refractivity contribution in [2.24, 2.45) is 0 Å². The van der Waals surface area contributed by atoms with Crippen molar-refractivity contribution < 1.29 is 17.9 Å². The van der Waals surface area contributed by atoms with E-state index in [0.29, 0.717) is 4.24 Å². The quantitative estimate of drug-likeness (QED) is 0.441. The average Bonchev–Trinajstić information content (AvgIpc) is 2.69. The summed E-state index contributed by atoms with van der Waals surface area (Å²) < 4.78 is 28.6. The lowest BCUT2D eigenvalue weighted by Gasteiger charge is -2.08. The summed E-state index contributed by atoms with van der Waals surface area (Å²) >= 11 is 2.45. The molecule has 0 atom stereocenters. The molecule has 0 radical (unpaired) electrons. The Morgan fingerprint density at radius 3 is 2.41 bits per heavy atom. The second kappa shape index (κ2) is 6.51. The summed E-state index contributed by atoms with van der Waals surface area (Å²) in [6, 6.07) is 0. The Labute approximate surface area is 110 Å². The zero-order chi connectivity index (χ0) is 12.9. The molecule has 0 N–H and O–H groups in total. The molecule has 0 aromatic rings. The second-order valence-electron chi connectivity index (χ2n) is 3.39. The van der Waals surface area contributed by atoms with Gasteiger partial charge in [0.2, 0.25) is 0 Å². The maximum Gasteiger partial charge on any atom is 0.351 e. The van der Waals surface area contributed by atoms with Crippen molar-refractivity contribution in [3.05, 3.63) is 20.0 Å². The maximum atomic E-state index is 11.7. The van der Waals surface area contributed by atoms with E-state index in [4.69, 9.17) is 4.74 Å². The van der Waals surface area contributed by atoms with Crippen LogP contribution in [-0.4, -0.2) is 27.2 Å². The molecule has 4 nitrogen and oxygen atoms in total. The molecule has 0 amide bonds. The van der Waals surface area contributed by atoms with Crippen molar-refractivity contribution in [2.45, 2.75) is 19.8 Å². The summed E-state index contributed by atoms with van der Waals surface area (Å²) in [6.07, 6.45) is 2.65. The number of rotatable bonds is 5. The van der Waals surface area contributed by atoms with Gasteiger partial charge in [0.05, 0.1) is 10.8 Å². The number of hydrogen-bond donors (Lipinski definition) is 0. The van der Waals surface area contributed by atoms with Crippen molar-refractivity contribution in [3.63, 3.8) is 0 Å². The molecule has 17 heavy (non-hydrogen) atoms. The van der Waals surface area contributed by atoms with Gasteiger partial charge in [-0.2, -0.15) is 0 Å². The molecule has 1 heterocycles. The first-order chi connectivity index (χ1) is 7.96. The smallest absolute Gasteiger partial charge is 0.351 e. The minimum atomic E-state index is -3.56. The molecular formula is C10H14O4S3. The van der Waals surface area contributed by atoms with E-state index in [2.05, 4.69) is 0 Å². The third kappa shape index (κ3) is 4.40.